The molecule has 0 amide bonds. The fourth-order valence-corrected chi connectivity index (χ4v) is 6.08. The molecule has 12 heteroatoms. The normalized spacial score (nSPS) is 26.5. The zero-order valence-electron chi connectivity index (χ0n) is 18.8. The molecule has 3 unspecified atom stereocenters. The molecule has 4 bridgehead atoms. The van der Waals surface area contributed by atoms with Crippen LogP contribution in [0.15, 0.2) is 30.3 Å². The highest BCUT2D eigenvalue weighted by Gasteiger charge is 2.49. The van der Waals surface area contributed by atoms with Gasteiger partial charge in [-0.2, -0.15) is 0 Å². The summed E-state index contributed by atoms with van der Waals surface area (Å²) in [5.41, 5.74) is -1.62. The maximum Gasteiger partial charge on any atom is 0.336 e. The maximum atomic E-state index is 10.3. The summed E-state index contributed by atoms with van der Waals surface area (Å²) in [5.74, 6) is -2.73. The lowest BCUT2D eigenvalue weighted by molar-refractivity contribution is -0.170. The van der Waals surface area contributed by atoms with Gasteiger partial charge in [0.2, 0.25) is 0 Å². The van der Waals surface area contributed by atoms with Crippen LogP contribution in [0.1, 0.15) is 25.7 Å². The molecule has 35 heavy (non-hydrogen) atoms. The van der Waals surface area contributed by atoms with Gasteiger partial charge in [-0.15, -0.1) is 5.10 Å². The molecule has 4 fully saturated rings. The van der Waals surface area contributed by atoms with E-state index in [9.17, 15) is 14.4 Å². The second kappa shape index (κ2) is 10.3. The number of benzene rings is 1. The lowest BCUT2D eigenvalue weighted by Crippen LogP contribution is -2.61. The molecule has 2 aromatic rings. The summed E-state index contributed by atoms with van der Waals surface area (Å²) in [6.07, 6.45) is 0.734. The van der Waals surface area contributed by atoms with E-state index in [1.54, 1.807) is 11.3 Å². The molecule has 6 rings (SSSR count). The number of aromatic nitrogens is 2. The molecule has 1 aliphatic carbocycles. The number of hydrogen-bond donors (Lipinski definition) is 4. The van der Waals surface area contributed by atoms with Crippen molar-refractivity contribution in [3.05, 3.63) is 30.3 Å². The third kappa shape index (κ3) is 5.95. The van der Waals surface area contributed by atoms with E-state index in [2.05, 4.69) is 27.2 Å². The Bertz CT molecular complexity index is 1030. The van der Waals surface area contributed by atoms with Crippen LogP contribution < -0.4 is 4.74 Å². The minimum atomic E-state index is -2.74. The molecule has 1 aromatic heterocycles. The number of hydrogen-bond acceptors (Lipinski definition) is 9. The van der Waals surface area contributed by atoms with E-state index >= 15 is 0 Å². The Kier molecular flexibility index (Phi) is 7.33. The fraction of sp³-hybridized carbons (Fsp3) is 0.522. The molecule has 4 heterocycles. The molecule has 1 saturated carbocycles. The van der Waals surface area contributed by atoms with Gasteiger partial charge in [-0.05, 0) is 18.8 Å². The molecular weight excluding hydrogens is 478 g/mol. The van der Waals surface area contributed by atoms with E-state index in [0.717, 1.165) is 21.7 Å². The average Bonchev–Trinajstić information content (AvgIpc) is 3.24. The van der Waals surface area contributed by atoms with Crippen LogP contribution in [-0.2, 0) is 14.4 Å². The number of rotatable bonds is 8. The minimum absolute atomic E-state index is 0.351. The van der Waals surface area contributed by atoms with Crippen molar-refractivity contribution in [1.82, 2.24) is 15.1 Å². The number of carboxylic acids is 3. The number of ether oxygens (including phenoxy) is 1. The first-order valence-electron chi connectivity index (χ1n) is 11.3. The average molecular weight is 506 g/mol. The molecule has 5 atom stereocenters. The van der Waals surface area contributed by atoms with Crippen molar-refractivity contribution in [1.29, 1.82) is 0 Å². The first-order valence-corrected chi connectivity index (χ1v) is 12.1. The molecule has 11 nitrogen and oxygen atoms in total. The SMILES string of the molecule is O=C(O)CC(O)(CC(=O)O)C(=O)O.c1ccc(-c2nnc(OC3[C@@H]4CC5C[C@H]3CN(C5)C4)s2)cc1. The highest BCUT2D eigenvalue weighted by atomic mass is 32.1. The maximum absolute atomic E-state index is 10.3. The van der Waals surface area contributed by atoms with Crippen molar-refractivity contribution in [3.8, 4) is 15.8 Å². The van der Waals surface area contributed by atoms with Gasteiger partial charge >= 0.3 is 17.9 Å². The summed E-state index contributed by atoms with van der Waals surface area (Å²) in [5, 5.41) is 44.1. The third-order valence-electron chi connectivity index (χ3n) is 6.65. The van der Waals surface area contributed by atoms with Gasteiger partial charge in [-0.3, -0.25) is 9.59 Å². The predicted octanol–water partition coefficient (Wildman–Crippen LogP) is 1.68. The van der Waals surface area contributed by atoms with E-state index < -0.39 is 36.4 Å². The third-order valence-corrected chi connectivity index (χ3v) is 7.52. The molecule has 3 saturated heterocycles. The Balaban J connectivity index is 0.000000193. The standard InChI is InChI=1S/C17H19N3OS.C6H8O7/c1-2-4-12(5-3-1)16-18-19-17(22-16)21-15-13-6-11-7-14(15)10-20(8-11)9-13;7-3(8)1-6(13,5(11)12)2-4(9)10/h1-5,11,13-15H,6-10H2;13H,1-2H2,(H,7,8)(H,9,10)(H,11,12)/t11?,13-,14+,15?;. The first-order chi connectivity index (χ1) is 16.6. The van der Waals surface area contributed by atoms with E-state index in [0.29, 0.717) is 17.9 Å². The van der Waals surface area contributed by atoms with E-state index in [4.69, 9.17) is 25.2 Å². The van der Waals surface area contributed by atoms with Crippen LogP contribution in [-0.4, -0.2) is 84.8 Å². The van der Waals surface area contributed by atoms with E-state index in [-0.39, 0.29) is 0 Å². The molecule has 4 aliphatic rings. The second-order valence-corrected chi connectivity index (χ2v) is 10.3. The van der Waals surface area contributed by atoms with Gasteiger partial charge in [-0.1, -0.05) is 46.8 Å². The summed E-state index contributed by atoms with van der Waals surface area (Å²) >= 11 is 1.57. The molecule has 188 valence electrons. The van der Waals surface area contributed by atoms with Crippen LogP contribution in [0.4, 0.5) is 0 Å². The van der Waals surface area contributed by atoms with Gasteiger partial charge in [0, 0.05) is 37.0 Å². The van der Waals surface area contributed by atoms with Gasteiger partial charge in [-0.25, -0.2) is 4.79 Å². The van der Waals surface area contributed by atoms with Crippen molar-refractivity contribution < 1.29 is 39.5 Å². The Morgan fingerprint density at radius 2 is 1.57 bits per heavy atom. The predicted molar refractivity (Wildman–Crippen MR) is 123 cm³/mol. The van der Waals surface area contributed by atoms with Gasteiger partial charge in [0.25, 0.3) is 5.19 Å². The van der Waals surface area contributed by atoms with Crippen LogP contribution in [0.25, 0.3) is 10.6 Å². The quantitative estimate of drug-likeness (QED) is 0.411. The summed E-state index contributed by atoms with van der Waals surface area (Å²) in [6.45, 7) is 3.74. The van der Waals surface area contributed by atoms with Crippen molar-refractivity contribution in [2.75, 3.05) is 19.6 Å². The molecular formula is C23H27N3O8S. The van der Waals surface area contributed by atoms with Crippen molar-refractivity contribution in [2.24, 2.45) is 17.8 Å². The lowest BCUT2D eigenvalue weighted by Gasteiger charge is -2.54. The molecule has 4 N–H and O–H groups in total. The van der Waals surface area contributed by atoms with Crippen LogP contribution in [0.3, 0.4) is 0 Å². The second-order valence-electron chi connectivity index (χ2n) is 9.38. The first kappa shape index (κ1) is 25.0. The summed E-state index contributed by atoms with van der Waals surface area (Å²) in [4.78, 5) is 33.1. The Hall–Kier alpha value is -3.09. The minimum Gasteiger partial charge on any atom is -0.481 e. The van der Waals surface area contributed by atoms with Gasteiger partial charge < -0.3 is 30.1 Å². The fourth-order valence-electron chi connectivity index (χ4n) is 5.34. The monoisotopic (exact) mass is 505 g/mol. The Morgan fingerprint density at radius 3 is 2.09 bits per heavy atom. The summed E-state index contributed by atoms with van der Waals surface area (Å²) < 4.78 is 6.31. The number of aliphatic carboxylic acids is 3. The number of carbonyl (C=O) groups is 3. The van der Waals surface area contributed by atoms with Crippen LogP contribution in [0.2, 0.25) is 0 Å². The zero-order valence-corrected chi connectivity index (χ0v) is 19.6. The summed E-state index contributed by atoms with van der Waals surface area (Å²) in [7, 11) is 0. The number of nitrogens with zero attached hydrogens (tertiary/aromatic N) is 3. The largest absolute Gasteiger partial charge is 0.481 e. The highest BCUT2D eigenvalue weighted by molar-refractivity contribution is 7.16. The van der Waals surface area contributed by atoms with Crippen molar-refractivity contribution in [3.63, 3.8) is 0 Å². The van der Waals surface area contributed by atoms with E-state index in [1.807, 2.05) is 18.2 Å². The van der Waals surface area contributed by atoms with Gasteiger partial charge in [0.15, 0.2) is 10.6 Å². The summed E-state index contributed by atoms with van der Waals surface area (Å²) in [6, 6.07) is 10.2. The zero-order chi connectivity index (χ0) is 25.2. The lowest BCUT2D eigenvalue weighted by atomic mass is 9.66. The molecule has 0 radical (unpaired) electrons. The van der Waals surface area contributed by atoms with Crippen molar-refractivity contribution >= 4 is 29.2 Å². The van der Waals surface area contributed by atoms with Gasteiger partial charge in [0.05, 0.1) is 12.8 Å². The van der Waals surface area contributed by atoms with Crippen LogP contribution in [0.5, 0.6) is 5.19 Å². The molecule has 1 aromatic carbocycles. The molecule has 0 spiro atoms. The van der Waals surface area contributed by atoms with Crippen LogP contribution in [0, 0.1) is 17.8 Å². The number of piperidine rings is 3. The highest BCUT2D eigenvalue weighted by Crippen LogP contribution is 2.45. The van der Waals surface area contributed by atoms with Crippen molar-refractivity contribution in [2.45, 2.75) is 37.4 Å². The van der Waals surface area contributed by atoms with E-state index in [1.165, 1.54) is 32.5 Å². The Labute approximate surface area is 205 Å². The van der Waals surface area contributed by atoms with Crippen LogP contribution >= 0.6 is 11.3 Å². The number of aliphatic hydroxyl groups is 1. The topological polar surface area (TPSA) is 170 Å². The Morgan fingerprint density at radius 1 is 0.971 bits per heavy atom. The molecule has 3 aliphatic heterocycles. The smallest absolute Gasteiger partial charge is 0.336 e. The number of carboxylic acid groups (broad SMARTS) is 3. The van der Waals surface area contributed by atoms with Gasteiger partial charge in [0.1, 0.15) is 6.10 Å².